The third-order valence-corrected chi connectivity index (χ3v) is 21.5. The van der Waals surface area contributed by atoms with Crippen LogP contribution in [-0.2, 0) is 43.3 Å². The fourth-order valence-corrected chi connectivity index (χ4v) is 16.5. The molecule has 0 amide bonds. The summed E-state index contributed by atoms with van der Waals surface area (Å²) < 4.78 is 8.24. The summed E-state index contributed by atoms with van der Waals surface area (Å²) in [4.78, 5) is 0. The summed E-state index contributed by atoms with van der Waals surface area (Å²) in [6, 6.07) is 58.1. The molecule has 12 aromatic rings. The van der Waals surface area contributed by atoms with Crippen molar-refractivity contribution in [2.75, 3.05) is 0 Å². The Balaban J connectivity index is 1.19. The summed E-state index contributed by atoms with van der Waals surface area (Å²) in [5.41, 5.74) is 32.6. The second-order valence-electron chi connectivity index (χ2n) is 34.3. The van der Waals surface area contributed by atoms with E-state index in [1.165, 1.54) is 171 Å². The Kier molecular flexibility index (Phi) is 10.4. The molecule has 3 aromatic heterocycles. The van der Waals surface area contributed by atoms with Crippen LogP contribution in [0.15, 0.2) is 140 Å². The minimum Gasteiger partial charge on any atom is -0.310 e. The molecule has 1 aliphatic carbocycles. The first kappa shape index (κ1) is 54.8. The Labute approximate surface area is 516 Å². The van der Waals surface area contributed by atoms with Crippen LogP contribution in [0.25, 0.3) is 93.6 Å². The Bertz CT molecular complexity index is 5040. The second-order valence-corrected chi connectivity index (χ2v) is 34.3. The minimum absolute atomic E-state index is 0.0218. The van der Waals surface area contributed by atoms with Crippen LogP contribution in [0.5, 0.6) is 0 Å². The van der Waals surface area contributed by atoms with Crippen molar-refractivity contribution in [3.8, 4) is 28.2 Å². The van der Waals surface area contributed by atoms with Crippen LogP contribution in [0.4, 0.5) is 0 Å². The zero-order chi connectivity index (χ0) is 61.5. The summed E-state index contributed by atoms with van der Waals surface area (Å²) in [6.07, 6.45) is 0. The monoisotopic (exact) mass is 1140 g/mol. The van der Waals surface area contributed by atoms with Gasteiger partial charge in [0, 0.05) is 54.9 Å². The van der Waals surface area contributed by atoms with Gasteiger partial charge in [-0.25, -0.2) is 0 Å². The molecule has 0 saturated carbocycles. The van der Waals surface area contributed by atoms with Gasteiger partial charge in [-0.05, 0) is 181 Å². The van der Waals surface area contributed by atoms with Crippen molar-refractivity contribution in [1.29, 1.82) is 0 Å². The average Bonchev–Trinajstić information content (AvgIpc) is 1.53. The molecule has 4 aliphatic rings. The van der Waals surface area contributed by atoms with Crippen LogP contribution in [0.2, 0.25) is 0 Å². The lowest BCUT2D eigenvalue weighted by Gasteiger charge is -2.45. The van der Waals surface area contributed by atoms with E-state index < -0.39 is 5.41 Å². The maximum Gasteiger partial charge on any atom is 0.253 e. The number of aromatic nitrogens is 3. The van der Waals surface area contributed by atoms with Gasteiger partial charge < -0.3 is 13.7 Å². The molecule has 0 atom stereocenters. The van der Waals surface area contributed by atoms with E-state index in [-0.39, 0.29) is 44.6 Å². The molecule has 0 unspecified atom stereocenters. The molecule has 0 saturated heterocycles. The summed E-state index contributed by atoms with van der Waals surface area (Å²) in [5.74, 6) is 0. The van der Waals surface area contributed by atoms with Gasteiger partial charge in [0.2, 0.25) is 0 Å². The van der Waals surface area contributed by atoms with Gasteiger partial charge in [-0.3, -0.25) is 0 Å². The maximum absolute atomic E-state index is 2.84. The molecule has 0 N–H and O–H groups in total. The SMILES string of the molecule is CC(C)(C)c1ccc(-n2c3ccc(C(C)(C)C)cc3c3c4c5c(cc32)c2ccc(C(C)(C)C)cc2n5-c2ccc3c5c2B4c2cc(C(C)(C)C)cc4c6cc(C(C)(C)C)cc(c6n-5c24)C32c3cc(C(C)(C)C)ccc3-c3ccc(C(C)(C)C)cc32)cc1. The van der Waals surface area contributed by atoms with E-state index in [4.69, 9.17) is 0 Å². The summed E-state index contributed by atoms with van der Waals surface area (Å²) in [7, 11) is 0. The number of fused-ring (bicyclic) bond motifs is 18. The van der Waals surface area contributed by atoms with E-state index >= 15 is 0 Å². The van der Waals surface area contributed by atoms with Crippen molar-refractivity contribution in [2.24, 2.45) is 0 Å². The van der Waals surface area contributed by atoms with Gasteiger partial charge in [-0.2, -0.15) is 0 Å². The molecule has 9 aromatic carbocycles. The number of hydrogen-bond donors (Lipinski definition) is 0. The standard InChI is InChI=1S/C83H86BN3/c1-76(2,3)45-22-28-52(29-23-45)85-65-34-27-46(77(4,5)6)36-59(65)69-68(85)44-58-55-32-26-49(80(13,14)15)43-67(55)86-66-35-33-60-75-70(66)84(71(69)74(58)86)64-42-51(82(19,20)21)38-57-56-37-50(81(16,17)18)41-63(72(56)87(75)73(57)64)83(60)61-39-47(78(7,8)9)24-30-53(61)54-31-25-48(40-62(54)83)79(10,11)12/h22-44H,1-21H3. The van der Waals surface area contributed by atoms with E-state index in [9.17, 15) is 0 Å². The molecular formula is C83H86BN3. The molecular weight excluding hydrogens is 1050 g/mol. The largest absolute Gasteiger partial charge is 0.310 e. The van der Waals surface area contributed by atoms with Gasteiger partial charge in [-0.15, -0.1) is 0 Å². The Morgan fingerprint density at radius 2 is 0.770 bits per heavy atom. The van der Waals surface area contributed by atoms with E-state index in [0.29, 0.717) is 0 Å². The normalized spacial score (nSPS) is 15.3. The van der Waals surface area contributed by atoms with E-state index in [1.807, 2.05) is 0 Å². The Morgan fingerprint density at radius 1 is 0.299 bits per heavy atom. The van der Waals surface area contributed by atoms with E-state index in [0.717, 1.165) is 0 Å². The molecule has 6 heterocycles. The van der Waals surface area contributed by atoms with Crippen molar-refractivity contribution in [2.45, 2.75) is 189 Å². The molecule has 436 valence electrons. The van der Waals surface area contributed by atoms with Gasteiger partial charge in [0.15, 0.2) is 0 Å². The number of benzene rings is 9. The van der Waals surface area contributed by atoms with Crippen molar-refractivity contribution < 1.29 is 0 Å². The molecule has 3 nitrogen and oxygen atoms in total. The highest BCUT2D eigenvalue weighted by molar-refractivity contribution is 7.02. The third kappa shape index (κ3) is 7.14. The van der Waals surface area contributed by atoms with Gasteiger partial charge in [-0.1, -0.05) is 230 Å². The second kappa shape index (κ2) is 16.6. The van der Waals surface area contributed by atoms with Crippen LogP contribution in [-0.4, -0.2) is 20.4 Å². The highest BCUT2D eigenvalue weighted by Gasteiger charge is 2.56. The third-order valence-electron chi connectivity index (χ3n) is 21.5. The molecule has 1 spiro atoms. The Morgan fingerprint density at radius 3 is 1.34 bits per heavy atom. The van der Waals surface area contributed by atoms with Crippen LogP contribution in [0, 0.1) is 0 Å². The molecule has 16 rings (SSSR count). The number of hydrogen-bond acceptors (Lipinski definition) is 0. The molecule has 0 radical (unpaired) electrons. The van der Waals surface area contributed by atoms with E-state index in [2.05, 4.69) is 299 Å². The minimum atomic E-state index is -0.660. The Hall–Kier alpha value is -7.56. The van der Waals surface area contributed by atoms with Crippen LogP contribution < -0.4 is 16.4 Å². The number of rotatable bonds is 1. The van der Waals surface area contributed by atoms with Crippen molar-refractivity contribution >= 4 is 88.5 Å². The van der Waals surface area contributed by atoms with Crippen molar-refractivity contribution in [3.63, 3.8) is 0 Å². The summed E-state index contributed by atoms with van der Waals surface area (Å²) >= 11 is 0. The molecule has 87 heavy (non-hydrogen) atoms. The van der Waals surface area contributed by atoms with Gasteiger partial charge in [0.05, 0.1) is 33.0 Å². The maximum atomic E-state index is 2.84. The first-order valence-electron chi connectivity index (χ1n) is 32.4. The van der Waals surface area contributed by atoms with Crippen LogP contribution in [0.1, 0.15) is 207 Å². The van der Waals surface area contributed by atoms with Crippen LogP contribution >= 0.6 is 0 Å². The zero-order valence-electron chi connectivity index (χ0n) is 55.7. The lowest BCUT2D eigenvalue weighted by atomic mass is 9.33. The summed E-state index contributed by atoms with van der Waals surface area (Å²) in [5, 5.41) is 8.02. The lowest BCUT2D eigenvalue weighted by molar-refractivity contribution is 0.583. The first-order chi connectivity index (χ1) is 40.6. The van der Waals surface area contributed by atoms with Crippen molar-refractivity contribution in [1.82, 2.24) is 13.7 Å². The van der Waals surface area contributed by atoms with Gasteiger partial charge in [0.25, 0.3) is 6.71 Å². The predicted octanol–water partition coefficient (Wildman–Crippen LogP) is 19.9. The lowest BCUT2D eigenvalue weighted by Crippen LogP contribution is -2.61. The van der Waals surface area contributed by atoms with Gasteiger partial charge in [0.1, 0.15) is 0 Å². The molecule has 0 bridgehead atoms. The highest BCUT2D eigenvalue weighted by Crippen LogP contribution is 2.63. The molecule has 0 fully saturated rings. The zero-order valence-corrected chi connectivity index (χ0v) is 55.7. The summed E-state index contributed by atoms with van der Waals surface area (Å²) in [6.45, 7) is 50.1. The quantitative estimate of drug-likeness (QED) is 0.146. The topological polar surface area (TPSA) is 14.8 Å². The smallest absolute Gasteiger partial charge is 0.253 e. The number of nitrogens with zero attached hydrogens (tertiary/aromatic N) is 3. The van der Waals surface area contributed by atoms with Gasteiger partial charge >= 0.3 is 0 Å². The fourth-order valence-electron chi connectivity index (χ4n) is 16.5. The molecule has 4 heteroatoms. The van der Waals surface area contributed by atoms with Crippen molar-refractivity contribution in [3.05, 3.63) is 201 Å². The molecule has 3 aliphatic heterocycles. The first-order valence-corrected chi connectivity index (χ1v) is 32.4. The van der Waals surface area contributed by atoms with Crippen LogP contribution in [0.3, 0.4) is 0 Å². The van der Waals surface area contributed by atoms with E-state index in [1.54, 1.807) is 0 Å². The average molecular weight is 1140 g/mol. The fraction of sp³-hybridized carbons (Fsp3) is 0.349. The highest BCUT2D eigenvalue weighted by atomic mass is 15.1. The predicted molar refractivity (Wildman–Crippen MR) is 376 cm³/mol.